The van der Waals surface area contributed by atoms with E-state index in [0.29, 0.717) is 32.3 Å². The number of ether oxygens (including phenoxy) is 4. The van der Waals surface area contributed by atoms with E-state index >= 15 is 0 Å². The van der Waals surface area contributed by atoms with Crippen LogP contribution in [0.5, 0.6) is 0 Å². The lowest BCUT2D eigenvalue weighted by Gasteiger charge is -2.27. The number of aldehydes is 1. The van der Waals surface area contributed by atoms with Gasteiger partial charge in [0, 0.05) is 38.2 Å². The molecule has 0 amide bonds. The molecular weight excluding hydrogens is 364 g/mol. The van der Waals surface area contributed by atoms with Crippen LogP contribution in [0.2, 0.25) is 0 Å². The molecule has 2 fully saturated rings. The molecular formula is C21H32O7. The first-order valence-electron chi connectivity index (χ1n) is 10.2. The number of methoxy groups -OCH3 is 1. The van der Waals surface area contributed by atoms with E-state index in [4.69, 9.17) is 14.2 Å². The number of carbonyl (C=O) groups is 3. The van der Waals surface area contributed by atoms with E-state index in [1.807, 2.05) is 12.2 Å². The van der Waals surface area contributed by atoms with Crippen LogP contribution in [0.15, 0.2) is 12.2 Å². The van der Waals surface area contributed by atoms with Gasteiger partial charge in [-0.1, -0.05) is 12.2 Å². The highest BCUT2D eigenvalue weighted by Gasteiger charge is 2.46. The van der Waals surface area contributed by atoms with Gasteiger partial charge in [0.25, 0.3) is 0 Å². The van der Waals surface area contributed by atoms with Gasteiger partial charge >= 0.3 is 11.9 Å². The molecule has 1 saturated heterocycles. The minimum Gasteiger partial charge on any atom is -0.469 e. The van der Waals surface area contributed by atoms with Crippen LogP contribution in [-0.4, -0.2) is 50.4 Å². The van der Waals surface area contributed by atoms with Crippen molar-refractivity contribution in [2.75, 3.05) is 13.7 Å². The van der Waals surface area contributed by atoms with Crippen molar-refractivity contribution in [2.24, 2.45) is 11.8 Å². The van der Waals surface area contributed by atoms with E-state index in [0.717, 1.165) is 32.0 Å². The zero-order valence-electron chi connectivity index (χ0n) is 16.8. The minimum atomic E-state index is -0.351. The van der Waals surface area contributed by atoms with Gasteiger partial charge in [-0.25, -0.2) is 0 Å². The maximum absolute atomic E-state index is 11.8. The highest BCUT2D eigenvalue weighted by Crippen LogP contribution is 2.39. The van der Waals surface area contributed by atoms with E-state index < -0.39 is 0 Å². The van der Waals surface area contributed by atoms with Crippen LogP contribution in [0.25, 0.3) is 0 Å². The SMILES string of the molecule is COC(=O)CCC/C=C\C[C@H]1[C@@H](C=O)[C@@H](OC2CCCCO2)C[C@H]1OC(C)=O. The Balaban J connectivity index is 1.91. The fraction of sp³-hybridized carbons (Fsp3) is 0.762. The summed E-state index contributed by atoms with van der Waals surface area (Å²) < 4.78 is 21.8. The molecule has 28 heavy (non-hydrogen) atoms. The molecule has 1 aliphatic carbocycles. The number of hydrogen-bond donors (Lipinski definition) is 0. The Kier molecular flexibility index (Phi) is 9.64. The fourth-order valence-corrected chi connectivity index (χ4v) is 3.93. The third-order valence-corrected chi connectivity index (χ3v) is 5.36. The van der Waals surface area contributed by atoms with E-state index in [9.17, 15) is 14.4 Å². The van der Waals surface area contributed by atoms with Gasteiger partial charge in [-0.05, 0) is 38.5 Å². The number of esters is 2. The van der Waals surface area contributed by atoms with Crippen molar-refractivity contribution in [1.82, 2.24) is 0 Å². The average Bonchev–Trinajstić information content (AvgIpc) is 3.00. The molecule has 5 atom stereocenters. The monoisotopic (exact) mass is 396 g/mol. The van der Waals surface area contributed by atoms with E-state index in [1.165, 1.54) is 14.0 Å². The number of allylic oxidation sites excluding steroid dienone is 2. The van der Waals surface area contributed by atoms with Gasteiger partial charge in [0.2, 0.25) is 0 Å². The second-order valence-corrected chi connectivity index (χ2v) is 7.41. The van der Waals surface area contributed by atoms with Crippen LogP contribution in [0.1, 0.15) is 58.3 Å². The van der Waals surface area contributed by atoms with Gasteiger partial charge in [0.15, 0.2) is 6.29 Å². The predicted octanol–water partition coefficient (Wildman–Crippen LogP) is 2.95. The van der Waals surface area contributed by atoms with E-state index in [1.54, 1.807) is 0 Å². The molecule has 2 rings (SSSR count). The van der Waals surface area contributed by atoms with Crippen molar-refractivity contribution in [2.45, 2.75) is 76.8 Å². The quantitative estimate of drug-likeness (QED) is 0.243. The van der Waals surface area contributed by atoms with Crippen LogP contribution in [0.4, 0.5) is 0 Å². The number of rotatable bonds is 10. The second kappa shape index (κ2) is 12.0. The molecule has 2 aliphatic rings. The summed E-state index contributed by atoms with van der Waals surface area (Å²) in [6.07, 6.45) is 9.85. The summed E-state index contributed by atoms with van der Waals surface area (Å²) >= 11 is 0. The molecule has 0 radical (unpaired) electrons. The summed E-state index contributed by atoms with van der Waals surface area (Å²) in [5.74, 6) is -1.03. The minimum absolute atomic E-state index is 0.119. The largest absolute Gasteiger partial charge is 0.469 e. The lowest BCUT2D eigenvalue weighted by molar-refractivity contribution is -0.195. The molecule has 158 valence electrons. The lowest BCUT2D eigenvalue weighted by atomic mass is 9.91. The Hall–Kier alpha value is -1.73. The summed E-state index contributed by atoms with van der Waals surface area (Å²) in [6.45, 7) is 2.06. The fourth-order valence-electron chi connectivity index (χ4n) is 3.93. The van der Waals surface area contributed by atoms with Crippen LogP contribution >= 0.6 is 0 Å². The molecule has 0 spiro atoms. The van der Waals surface area contributed by atoms with Gasteiger partial charge in [-0.2, -0.15) is 0 Å². The Bertz CT molecular complexity index is 539. The van der Waals surface area contributed by atoms with Crippen LogP contribution in [0.3, 0.4) is 0 Å². The lowest BCUT2D eigenvalue weighted by Crippen LogP contribution is -2.32. The van der Waals surface area contributed by atoms with E-state index in [-0.39, 0.29) is 42.3 Å². The number of hydrogen-bond acceptors (Lipinski definition) is 7. The molecule has 0 aromatic rings. The maximum atomic E-state index is 11.8. The first-order chi connectivity index (χ1) is 13.5. The summed E-state index contributed by atoms with van der Waals surface area (Å²) in [5.41, 5.74) is 0. The van der Waals surface area contributed by atoms with Crippen molar-refractivity contribution >= 4 is 18.2 Å². The second-order valence-electron chi connectivity index (χ2n) is 7.41. The Morgan fingerprint density at radius 2 is 2.00 bits per heavy atom. The summed E-state index contributed by atoms with van der Waals surface area (Å²) in [7, 11) is 1.38. The van der Waals surface area contributed by atoms with Crippen molar-refractivity contribution in [3.63, 3.8) is 0 Å². The van der Waals surface area contributed by atoms with Gasteiger partial charge in [0.05, 0.1) is 13.2 Å². The molecule has 1 unspecified atom stereocenters. The highest BCUT2D eigenvalue weighted by molar-refractivity contribution is 5.69. The Morgan fingerprint density at radius 1 is 1.18 bits per heavy atom. The molecule has 7 heteroatoms. The molecule has 0 bridgehead atoms. The smallest absolute Gasteiger partial charge is 0.305 e. The van der Waals surface area contributed by atoms with Crippen molar-refractivity contribution in [3.8, 4) is 0 Å². The average molecular weight is 396 g/mol. The van der Waals surface area contributed by atoms with Gasteiger partial charge in [-0.15, -0.1) is 0 Å². The number of unbranched alkanes of at least 4 members (excludes halogenated alkanes) is 1. The molecule has 7 nitrogen and oxygen atoms in total. The first kappa shape index (κ1) is 22.6. The maximum Gasteiger partial charge on any atom is 0.305 e. The van der Waals surface area contributed by atoms with Crippen LogP contribution in [0, 0.1) is 11.8 Å². The molecule has 1 saturated carbocycles. The van der Waals surface area contributed by atoms with Gasteiger partial charge < -0.3 is 23.7 Å². The zero-order valence-corrected chi connectivity index (χ0v) is 16.8. The summed E-state index contributed by atoms with van der Waals surface area (Å²) in [5, 5.41) is 0. The molecule has 1 aliphatic heterocycles. The standard InChI is InChI=1S/C21H32O7/c1-15(23)27-18-13-19(28-21-11-7-8-12-26-21)17(14-22)16(18)9-5-3-4-6-10-20(24)25-2/h3,5,14,16-19,21H,4,6-13H2,1-2H3/b5-3-/t16-,17+,18+,19-,21?/m0/s1. The predicted molar refractivity (Wildman–Crippen MR) is 101 cm³/mol. The molecule has 0 N–H and O–H groups in total. The van der Waals surface area contributed by atoms with Crippen molar-refractivity contribution in [1.29, 1.82) is 0 Å². The number of carbonyl (C=O) groups excluding carboxylic acids is 3. The van der Waals surface area contributed by atoms with Crippen molar-refractivity contribution in [3.05, 3.63) is 12.2 Å². The summed E-state index contributed by atoms with van der Waals surface area (Å²) in [4.78, 5) is 34.4. The highest BCUT2D eigenvalue weighted by atomic mass is 16.7. The molecule has 0 aromatic heterocycles. The normalized spacial score (nSPS) is 30.3. The Morgan fingerprint density at radius 3 is 2.64 bits per heavy atom. The van der Waals surface area contributed by atoms with Crippen LogP contribution in [-0.2, 0) is 33.3 Å². The molecule has 0 aromatic carbocycles. The van der Waals surface area contributed by atoms with Gasteiger partial charge in [-0.3, -0.25) is 9.59 Å². The van der Waals surface area contributed by atoms with Crippen molar-refractivity contribution < 1.29 is 33.3 Å². The van der Waals surface area contributed by atoms with Crippen LogP contribution < -0.4 is 0 Å². The summed E-state index contributed by atoms with van der Waals surface area (Å²) in [6, 6.07) is 0. The zero-order chi connectivity index (χ0) is 20.4. The molecule has 1 heterocycles. The topological polar surface area (TPSA) is 88.1 Å². The van der Waals surface area contributed by atoms with Gasteiger partial charge in [0.1, 0.15) is 12.4 Å². The third kappa shape index (κ3) is 7.02. The third-order valence-electron chi connectivity index (χ3n) is 5.36. The first-order valence-corrected chi connectivity index (χ1v) is 10.2. The Labute approximate surface area is 166 Å². The van der Waals surface area contributed by atoms with E-state index in [2.05, 4.69) is 4.74 Å².